The molecule has 1 saturated heterocycles. The van der Waals surface area contributed by atoms with Gasteiger partial charge in [0.15, 0.2) is 5.78 Å². The van der Waals surface area contributed by atoms with Crippen LogP contribution in [0.5, 0.6) is 0 Å². The van der Waals surface area contributed by atoms with Gasteiger partial charge in [0.2, 0.25) is 16.0 Å². The molecule has 2 heterocycles. The number of ether oxygens (including phenoxy) is 1. The fourth-order valence-corrected chi connectivity index (χ4v) is 3.63. The second kappa shape index (κ2) is 9.57. The average Bonchev–Trinajstić information content (AvgIpc) is 2.77. The molecular formula is C19H20N4O6S. The summed E-state index contributed by atoms with van der Waals surface area (Å²) in [4.78, 5) is 33.3. The Bertz CT molecular complexity index is 1030. The Balaban J connectivity index is 1.62. The highest BCUT2D eigenvalue weighted by molar-refractivity contribution is 7.89. The lowest BCUT2D eigenvalue weighted by molar-refractivity contribution is -0.135. The maximum absolute atomic E-state index is 12.3. The van der Waals surface area contributed by atoms with E-state index in [1.54, 1.807) is 18.5 Å². The molecule has 3 rings (SSSR count). The van der Waals surface area contributed by atoms with E-state index in [0.29, 0.717) is 24.7 Å². The van der Waals surface area contributed by atoms with Gasteiger partial charge in [0.05, 0.1) is 18.1 Å². The third kappa shape index (κ3) is 5.69. The highest BCUT2D eigenvalue weighted by Gasteiger charge is 2.16. The fourth-order valence-electron chi connectivity index (χ4n) is 2.65. The summed E-state index contributed by atoms with van der Waals surface area (Å²) in [5.41, 5.74) is 0.937. The number of sulfonamides is 1. The van der Waals surface area contributed by atoms with Crippen LogP contribution < -0.4 is 9.62 Å². The van der Waals surface area contributed by atoms with Crippen molar-refractivity contribution >= 4 is 33.8 Å². The van der Waals surface area contributed by atoms with Crippen LogP contribution in [0.1, 0.15) is 15.9 Å². The van der Waals surface area contributed by atoms with Crippen LogP contribution in [-0.2, 0) is 19.6 Å². The Morgan fingerprint density at radius 3 is 2.37 bits per heavy atom. The van der Waals surface area contributed by atoms with Crippen molar-refractivity contribution < 1.29 is 27.9 Å². The molecule has 0 aliphatic carbocycles. The number of ketones is 1. The Hall–Kier alpha value is -3.15. The minimum atomic E-state index is -3.96. The number of rotatable bonds is 8. The number of morpholine rings is 1. The molecule has 10 nitrogen and oxygen atoms in total. The molecule has 158 valence electrons. The molecule has 1 aromatic carbocycles. The van der Waals surface area contributed by atoms with Crippen molar-refractivity contribution in [3.8, 4) is 0 Å². The van der Waals surface area contributed by atoms with Gasteiger partial charge in [0.25, 0.3) is 0 Å². The Labute approximate surface area is 173 Å². The Kier molecular flexibility index (Phi) is 6.87. The van der Waals surface area contributed by atoms with E-state index >= 15 is 0 Å². The molecule has 30 heavy (non-hydrogen) atoms. The van der Waals surface area contributed by atoms with Gasteiger partial charge in [-0.05, 0) is 36.4 Å². The zero-order chi connectivity index (χ0) is 21.6. The quantitative estimate of drug-likeness (QED) is 0.453. The van der Waals surface area contributed by atoms with Gasteiger partial charge in [-0.2, -0.15) is 4.72 Å². The number of carboxylic acids is 1. The summed E-state index contributed by atoms with van der Waals surface area (Å²) in [5.74, 6) is -1.01. The third-order valence-corrected chi connectivity index (χ3v) is 5.66. The van der Waals surface area contributed by atoms with Gasteiger partial charge in [-0.15, -0.1) is 0 Å². The van der Waals surface area contributed by atoms with Crippen molar-refractivity contribution in [2.45, 2.75) is 4.90 Å². The van der Waals surface area contributed by atoms with Gasteiger partial charge < -0.3 is 14.7 Å². The summed E-state index contributed by atoms with van der Waals surface area (Å²) in [5, 5.41) is 8.58. The fraction of sp³-hybridized carbons (Fsp3) is 0.263. The maximum atomic E-state index is 12.3. The zero-order valence-electron chi connectivity index (χ0n) is 15.9. The number of carboxylic acid groups (broad SMARTS) is 1. The molecule has 11 heteroatoms. The number of aromatic nitrogens is 2. The molecule has 0 unspecified atom stereocenters. The number of allylic oxidation sites excluding steroid dienone is 1. The molecule has 0 spiro atoms. The first kappa shape index (κ1) is 21.6. The monoisotopic (exact) mass is 432 g/mol. The maximum Gasteiger partial charge on any atom is 0.318 e. The van der Waals surface area contributed by atoms with Gasteiger partial charge in [0, 0.05) is 36.6 Å². The van der Waals surface area contributed by atoms with E-state index in [9.17, 15) is 18.0 Å². The van der Waals surface area contributed by atoms with E-state index in [1.807, 2.05) is 9.62 Å². The van der Waals surface area contributed by atoms with Gasteiger partial charge in [0.1, 0.15) is 6.54 Å². The van der Waals surface area contributed by atoms with Crippen LogP contribution in [0.3, 0.4) is 0 Å². The second-order valence-corrected chi connectivity index (χ2v) is 8.12. The summed E-state index contributed by atoms with van der Waals surface area (Å²) < 4.78 is 31.2. The van der Waals surface area contributed by atoms with Crippen LogP contribution in [0.15, 0.2) is 47.6 Å². The molecule has 2 N–H and O–H groups in total. The van der Waals surface area contributed by atoms with E-state index in [0.717, 1.165) is 13.1 Å². The number of carbonyl (C=O) groups excluding carboxylic acids is 1. The molecule has 0 radical (unpaired) electrons. The van der Waals surface area contributed by atoms with Crippen molar-refractivity contribution in [3.05, 3.63) is 53.9 Å². The summed E-state index contributed by atoms with van der Waals surface area (Å²) in [7, 11) is -3.96. The first-order valence-electron chi connectivity index (χ1n) is 9.04. The summed E-state index contributed by atoms with van der Waals surface area (Å²) in [6.45, 7) is 2.00. The first-order chi connectivity index (χ1) is 14.3. The van der Waals surface area contributed by atoms with Crippen LogP contribution in [-0.4, -0.2) is 68.1 Å². The van der Waals surface area contributed by atoms with Crippen LogP contribution in [0, 0.1) is 0 Å². The largest absolute Gasteiger partial charge is 0.480 e. The Morgan fingerprint density at radius 2 is 1.77 bits per heavy atom. The van der Waals surface area contributed by atoms with Crippen LogP contribution >= 0.6 is 0 Å². The molecule has 1 fully saturated rings. The third-order valence-electron chi connectivity index (χ3n) is 4.24. The van der Waals surface area contributed by atoms with Crippen molar-refractivity contribution in [1.29, 1.82) is 0 Å². The van der Waals surface area contributed by atoms with Crippen molar-refractivity contribution in [2.24, 2.45) is 0 Å². The van der Waals surface area contributed by atoms with Crippen molar-refractivity contribution in [2.75, 3.05) is 37.7 Å². The number of hydrogen-bond donors (Lipinski definition) is 2. The lowest BCUT2D eigenvalue weighted by Gasteiger charge is -2.26. The SMILES string of the molecule is O=C(O)CNS(=O)(=O)c1ccc(C(=O)/C=C/c2cnc(N3CCOCC3)nc2)cc1. The number of anilines is 1. The second-order valence-electron chi connectivity index (χ2n) is 6.36. The predicted octanol–water partition coefficient (Wildman–Crippen LogP) is 0.572. The molecular weight excluding hydrogens is 412 g/mol. The first-order valence-corrected chi connectivity index (χ1v) is 10.5. The zero-order valence-corrected chi connectivity index (χ0v) is 16.7. The van der Waals surface area contributed by atoms with Crippen LogP contribution in [0.25, 0.3) is 6.08 Å². The number of nitrogens with zero attached hydrogens (tertiary/aromatic N) is 3. The lowest BCUT2D eigenvalue weighted by atomic mass is 10.1. The van der Waals surface area contributed by atoms with Gasteiger partial charge in [-0.3, -0.25) is 9.59 Å². The van der Waals surface area contributed by atoms with Gasteiger partial charge >= 0.3 is 5.97 Å². The molecule has 0 atom stereocenters. The highest BCUT2D eigenvalue weighted by Crippen LogP contribution is 2.13. The molecule has 0 bridgehead atoms. The summed E-state index contributed by atoms with van der Waals surface area (Å²) in [6, 6.07) is 5.21. The van der Waals surface area contributed by atoms with Gasteiger partial charge in [-0.1, -0.05) is 0 Å². The summed E-state index contributed by atoms with van der Waals surface area (Å²) >= 11 is 0. The number of aliphatic carboxylic acids is 1. The molecule has 1 aromatic heterocycles. The standard InChI is InChI=1S/C19H20N4O6S/c24-17(15-2-4-16(5-3-15)30(27,28)22-13-18(25)26)6-1-14-11-20-19(21-12-14)23-7-9-29-10-8-23/h1-6,11-12,22H,7-10,13H2,(H,25,26)/b6-1+. The molecule has 1 aliphatic heterocycles. The lowest BCUT2D eigenvalue weighted by Crippen LogP contribution is -2.37. The summed E-state index contributed by atoms with van der Waals surface area (Å²) in [6.07, 6.45) is 6.15. The van der Waals surface area contributed by atoms with E-state index in [-0.39, 0.29) is 16.2 Å². The topological polar surface area (TPSA) is 139 Å². The van der Waals surface area contributed by atoms with E-state index < -0.39 is 22.5 Å². The molecule has 0 amide bonds. The number of benzene rings is 1. The molecule has 0 saturated carbocycles. The van der Waals surface area contributed by atoms with E-state index in [1.165, 1.54) is 30.3 Å². The molecule has 1 aliphatic rings. The van der Waals surface area contributed by atoms with Crippen molar-refractivity contribution in [3.63, 3.8) is 0 Å². The van der Waals surface area contributed by atoms with Crippen molar-refractivity contribution in [1.82, 2.24) is 14.7 Å². The number of carbonyl (C=O) groups is 2. The minimum Gasteiger partial charge on any atom is -0.480 e. The van der Waals surface area contributed by atoms with Crippen LogP contribution in [0.4, 0.5) is 5.95 Å². The van der Waals surface area contributed by atoms with E-state index in [2.05, 4.69) is 9.97 Å². The minimum absolute atomic E-state index is 0.128. The number of hydrogen-bond acceptors (Lipinski definition) is 8. The molecule has 2 aromatic rings. The smallest absolute Gasteiger partial charge is 0.318 e. The van der Waals surface area contributed by atoms with Crippen LogP contribution in [0.2, 0.25) is 0 Å². The van der Waals surface area contributed by atoms with E-state index in [4.69, 9.17) is 9.84 Å². The average molecular weight is 432 g/mol. The normalized spacial score (nSPS) is 14.7. The van der Waals surface area contributed by atoms with Gasteiger partial charge in [-0.25, -0.2) is 18.4 Å². The Morgan fingerprint density at radius 1 is 1.13 bits per heavy atom. The number of nitrogens with one attached hydrogen (secondary N) is 1. The predicted molar refractivity (Wildman–Crippen MR) is 108 cm³/mol. The highest BCUT2D eigenvalue weighted by atomic mass is 32.2.